The van der Waals surface area contributed by atoms with Gasteiger partial charge < -0.3 is 4.74 Å². The van der Waals surface area contributed by atoms with E-state index < -0.39 is 0 Å². The summed E-state index contributed by atoms with van der Waals surface area (Å²) in [5.74, 6) is 6.62. The molecule has 1 atom stereocenters. The van der Waals surface area contributed by atoms with Gasteiger partial charge in [-0.1, -0.05) is 45.7 Å². The Morgan fingerprint density at radius 2 is 2.05 bits per heavy atom. The second-order valence-electron chi connectivity index (χ2n) is 5.16. The molecule has 0 saturated heterocycles. The molecule has 0 bridgehead atoms. The van der Waals surface area contributed by atoms with E-state index >= 15 is 0 Å². The lowest BCUT2D eigenvalue weighted by molar-refractivity contribution is 0.302. The van der Waals surface area contributed by atoms with E-state index in [9.17, 15) is 0 Å². The van der Waals surface area contributed by atoms with Gasteiger partial charge in [0.2, 0.25) is 0 Å². The predicted molar refractivity (Wildman–Crippen MR) is 88.4 cm³/mol. The number of nitrogens with one attached hydrogen (secondary N) is 1. The van der Waals surface area contributed by atoms with Crippen LogP contribution in [0.1, 0.15) is 30.0 Å². The molecule has 0 radical (unpaired) electrons. The molecule has 21 heavy (non-hydrogen) atoms. The van der Waals surface area contributed by atoms with Crippen LogP contribution in [0, 0.1) is 0 Å². The van der Waals surface area contributed by atoms with Crippen LogP contribution in [0.15, 0.2) is 46.9 Å². The standard InChI is InChI=1S/C16H16BrClN2O/c17-11-4-7-14(15(18)9-11)16(20-19)10-2-1-3-13(8-10)21-12-5-6-12/h1-4,7-9,12,16,20H,5-6,19H2. The van der Waals surface area contributed by atoms with Gasteiger partial charge in [0.1, 0.15) is 5.75 Å². The lowest BCUT2D eigenvalue weighted by atomic mass is 9.99. The van der Waals surface area contributed by atoms with E-state index in [0.29, 0.717) is 11.1 Å². The summed E-state index contributed by atoms with van der Waals surface area (Å²) in [5.41, 5.74) is 4.80. The maximum atomic E-state index is 6.33. The van der Waals surface area contributed by atoms with Gasteiger partial charge in [0.05, 0.1) is 12.1 Å². The molecule has 0 heterocycles. The molecule has 3 N–H and O–H groups in total. The summed E-state index contributed by atoms with van der Waals surface area (Å²) >= 11 is 9.74. The molecule has 3 nitrogen and oxygen atoms in total. The Kier molecular flexibility index (Phi) is 4.50. The van der Waals surface area contributed by atoms with Crippen molar-refractivity contribution >= 4 is 27.5 Å². The normalized spacial score (nSPS) is 15.8. The number of benzene rings is 2. The second kappa shape index (κ2) is 6.36. The summed E-state index contributed by atoms with van der Waals surface area (Å²) in [6, 6.07) is 13.6. The molecule has 3 rings (SSSR count). The average Bonchev–Trinajstić information content (AvgIpc) is 3.26. The highest BCUT2D eigenvalue weighted by Gasteiger charge is 2.24. The summed E-state index contributed by atoms with van der Waals surface area (Å²) < 4.78 is 6.78. The molecule has 1 unspecified atom stereocenters. The van der Waals surface area contributed by atoms with Crippen LogP contribution < -0.4 is 16.0 Å². The quantitative estimate of drug-likeness (QED) is 0.615. The van der Waals surface area contributed by atoms with Crippen molar-refractivity contribution < 1.29 is 4.74 Å². The molecular weight excluding hydrogens is 352 g/mol. The Hall–Kier alpha value is -1.07. The molecule has 1 aliphatic rings. The Morgan fingerprint density at radius 3 is 2.71 bits per heavy atom. The molecule has 0 aliphatic heterocycles. The maximum Gasteiger partial charge on any atom is 0.120 e. The highest BCUT2D eigenvalue weighted by molar-refractivity contribution is 9.10. The summed E-state index contributed by atoms with van der Waals surface area (Å²) in [5, 5.41) is 0.667. The monoisotopic (exact) mass is 366 g/mol. The van der Waals surface area contributed by atoms with E-state index in [1.54, 1.807) is 0 Å². The van der Waals surface area contributed by atoms with E-state index in [2.05, 4.69) is 21.4 Å². The van der Waals surface area contributed by atoms with E-state index in [-0.39, 0.29) is 6.04 Å². The summed E-state index contributed by atoms with van der Waals surface area (Å²) in [6.07, 6.45) is 2.66. The molecule has 0 spiro atoms. The molecule has 5 heteroatoms. The average molecular weight is 368 g/mol. The number of nitrogens with two attached hydrogens (primary N) is 1. The third-order valence-electron chi connectivity index (χ3n) is 3.46. The third-order valence-corrected chi connectivity index (χ3v) is 4.28. The van der Waals surface area contributed by atoms with Crippen molar-refractivity contribution in [2.24, 2.45) is 5.84 Å². The molecule has 110 valence electrons. The molecular formula is C16H16BrClN2O. The van der Waals surface area contributed by atoms with Crippen molar-refractivity contribution in [3.8, 4) is 5.75 Å². The number of rotatable bonds is 5. The molecule has 0 aromatic heterocycles. The van der Waals surface area contributed by atoms with Gasteiger partial charge in [0, 0.05) is 9.50 Å². The van der Waals surface area contributed by atoms with Crippen molar-refractivity contribution in [2.45, 2.75) is 25.0 Å². The minimum absolute atomic E-state index is 0.173. The zero-order valence-electron chi connectivity index (χ0n) is 11.4. The first-order chi connectivity index (χ1) is 10.2. The summed E-state index contributed by atoms with van der Waals surface area (Å²) in [4.78, 5) is 0. The maximum absolute atomic E-state index is 6.33. The van der Waals surface area contributed by atoms with Gasteiger partial charge in [-0.3, -0.25) is 5.84 Å². The van der Waals surface area contributed by atoms with Gasteiger partial charge in [0.25, 0.3) is 0 Å². The fourth-order valence-corrected chi connectivity index (χ4v) is 3.03. The van der Waals surface area contributed by atoms with Gasteiger partial charge in [-0.2, -0.15) is 0 Å². The minimum atomic E-state index is -0.173. The van der Waals surface area contributed by atoms with Crippen LogP contribution in [0.5, 0.6) is 5.75 Å². The van der Waals surface area contributed by atoms with Crippen LogP contribution in [-0.4, -0.2) is 6.10 Å². The Balaban J connectivity index is 1.91. The van der Waals surface area contributed by atoms with E-state index in [0.717, 1.165) is 34.2 Å². The van der Waals surface area contributed by atoms with Crippen LogP contribution in [0.25, 0.3) is 0 Å². The second-order valence-corrected chi connectivity index (χ2v) is 6.48. The van der Waals surface area contributed by atoms with Crippen molar-refractivity contribution in [1.29, 1.82) is 0 Å². The van der Waals surface area contributed by atoms with Gasteiger partial charge in [0.15, 0.2) is 0 Å². The van der Waals surface area contributed by atoms with Crippen LogP contribution in [0.4, 0.5) is 0 Å². The number of hydrogen-bond acceptors (Lipinski definition) is 3. The minimum Gasteiger partial charge on any atom is -0.490 e. The largest absolute Gasteiger partial charge is 0.490 e. The first-order valence-corrected chi connectivity index (χ1v) is 8.02. The lowest BCUT2D eigenvalue weighted by Crippen LogP contribution is -2.29. The Labute approximate surface area is 137 Å². The van der Waals surface area contributed by atoms with E-state index in [4.69, 9.17) is 22.2 Å². The van der Waals surface area contributed by atoms with Crippen LogP contribution in [0.3, 0.4) is 0 Å². The van der Waals surface area contributed by atoms with Crippen LogP contribution in [0.2, 0.25) is 5.02 Å². The zero-order chi connectivity index (χ0) is 14.8. The Bertz CT molecular complexity index is 646. The van der Waals surface area contributed by atoms with Crippen LogP contribution in [-0.2, 0) is 0 Å². The fraction of sp³-hybridized carbons (Fsp3) is 0.250. The zero-order valence-corrected chi connectivity index (χ0v) is 13.7. The lowest BCUT2D eigenvalue weighted by Gasteiger charge is -2.19. The Morgan fingerprint density at radius 1 is 1.24 bits per heavy atom. The van der Waals surface area contributed by atoms with Gasteiger partial charge in [-0.05, 0) is 48.2 Å². The number of hydrogen-bond donors (Lipinski definition) is 2. The topological polar surface area (TPSA) is 47.3 Å². The molecule has 0 amide bonds. The van der Waals surface area contributed by atoms with Gasteiger partial charge in [-0.15, -0.1) is 0 Å². The first-order valence-electron chi connectivity index (χ1n) is 6.85. The number of hydrazine groups is 1. The molecule has 2 aromatic rings. The van der Waals surface area contributed by atoms with E-state index in [1.165, 1.54) is 0 Å². The molecule has 1 saturated carbocycles. The summed E-state index contributed by atoms with van der Waals surface area (Å²) in [7, 11) is 0. The van der Waals surface area contributed by atoms with Crippen molar-refractivity contribution in [2.75, 3.05) is 0 Å². The predicted octanol–water partition coefficient (Wildman–Crippen LogP) is 4.20. The van der Waals surface area contributed by atoms with Crippen molar-refractivity contribution in [1.82, 2.24) is 5.43 Å². The number of halogens is 2. The highest BCUT2D eigenvalue weighted by Crippen LogP contribution is 2.33. The van der Waals surface area contributed by atoms with E-state index in [1.807, 2.05) is 42.5 Å². The van der Waals surface area contributed by atoms with Crippen molar-refractivity contribution in [3.63, 3.8) is 0 Å². The number of ether oxygens (including phenoxy) is 1. The van der Waals surface area contributed by atoms with Crippen molar-refractivity contribution in [3.05, 3.63) is 63.1 Å². The molecule has 1 aliphatic carbocycles. The molecule has 2 aromatic carbocycles. The van der Waals surface area contributed by atoms with Gasteiger partial charge in [-0.25, -0.2) is 5.43 Å². The third kappa shape index (κ3) is 3.58. The summed E-state index contributed by atoms with van der Waals surface area (Å²) in [6.45, 7) is 0. The van der Waals surface area contributed by atoms with Crippen LogP contribution >= 0.6 is 27.5 Å². The fourth-order valence-electron chi connectivity index (χ4n) is 2.25. The smallest absolute Gasteiger partial charge is 0.120 e. The van der Waals surface area contributed by atoms with Gasteiger partial charge >= 0.3 is 0 Å². The highest BCUT2D eigenvalue weighted by atomic mass is 79.9. The molecule has 1 fully saturated rings. The SMILES string of the molecule is NNC(c1cccc(OC2CC2)c1)c1ccc(Br)cc1Cl. The first kappa shape index (κ1) is 14.9.